The normalized spacial score (nSPS) is 12.6. The smallest absolute Gasteiger partial charge is 0.0583 e. The zero-order valence-electron chi connectivity index (χ0n) is 10.1. The summed E-state index contributed by atoms with van der Waals surface area (Å²) < 4.78 is 0. The first-order valence-electron chi connectivity index (χ1n) is 5.99. The molecule has 1 nitrogen and oxygen atoms in total. The molecule has 2 aromatic rings. The van der Waals surface area contributed by atoms with Crippen molar-refractivity contribution >= 4 is 11.3 Å². The third-order valence-electron chi connectivity index (χ3n) is 2.90. The van der Waals surface area contributed by atoms with E-state index in [9.17, 15) is 5.11 Å². The molecule has 17 heavy (non-hydrogen) atoms. The van der Waals surface area contributed by atoms with Gasteiger partial charge in [0.1, 0.15) is 0 Å². The highest BCUT2D eigenvalue weighted by molar-refractivity contribution is 7.07. The molecule has 0 fully saturated rings. The van der Waals surface area contributed by atoms with Gasteiger partial charge in [0.2, 0.25) is 0 Å². The highest BCUT2D eigenvalue weighted by atomic mass is 32.1. The zero-order chi connectivity index (χ0) is 12.1. The van der Waals surface area contributed by atoms with Gasteiger partial charge < -0.3 is 5.11 Å². The molecular weight excluding hydrogens is 228 g/mol. The van der Waals surface area contributed by atoms with Gasteiger partial charge in [-0.05, 0) is 54.1 Å². The topological polar surface area (TPSA) is 20.2 Å². The molecule has 1 aromatic carbocycles. The molecule has 0 spiro atoms. The maximum Gasteiger partial charge on any atom is 0.0583 e. The van der Waals surface area contributed by atoms with E-state index in [-0.39, 0.29) is 6.10 Å². The van der Waals surface area contributed by atoms with Gasteiger partial charge in [0.05, 0.1) is 6.10 Å². The molecule has 2 rings (SSSR count). The van der Waals surface area contributed by atoms with E-state index in [2.05, 4.69) is 48.0 Å². The lowest BCUT2D eigenvalue weighted by Crippen LogP contribution is -2.11. The summed E-state index contributed by atoms with van der Waals surface area (Å²) >= 11 is 1.72. The molecule has 0 bridgehead atoms. The molecule has 1 atom stereocenters. The first-order valence-corrected chi connectivity index (χ1v) is 6.93. The number of thiophene rings is 1. The first-order chi connectivity index (χ1) is 8.24. The van der Waals surface area contributed by atoms with Crippen molar-refractivity contribution in [2.75, 3.05) is 0 Å². The van der Waals surface area contributed by atoms with Crippen molar-refractivity contribution in [2.45, 2.75) is 32.3 Å². The molecule has 1 heterocycles. The molecule has 0 amide bonds. The molecule has 1 aromatic heterocycles. The molecule has 0 saturated carbocycles. The van der Waals surface area contributed by atoms with E-state index in [4.69, 9.17) is 0 Å². The lowest BCUT2D eigenvalue weighted by atomic mass is 10.0. The predicted octanol–water partition coefficient (Wildman–Crippen LogP) is 3.59. The third kappa shape index (κ3) is 3.99. The van der Waals surface area contributed by atoms with Crippen molar-refractivity contribution in [3.05, 3.63) is 57.8 Å². The second-order valence-corrected chi connectivity index (χ2v) is 5.30. The molecule has 0 aliphatic heterocycles. The van der Waals surface area contributed by atoms with Crippen LogP contribution in [-0.2, 0) is 12.8 Å². The van der Waals surface area contributed by atoms with Crippen LogP contribution in [0.4, 0.5) is 0 Å². The van der Waals surface area contributed by atoms with Crippen LogP contribution < -0.4 is 0 Å². The van der Waals surface area contributed by atoms with Gasteiger partial charge in [-0.1, -0.05) is 29.8 Å². The minimum absolute atomic E-state index is 0.239. The van der Waals surface area contributed by atoms with E-state index in [1.165, 1.54) is 16.7 Å². The van der Waals surface area contributed by atoms with E-state index in [1.54, 1.807) is 11.3 Å². The van der Waals surface area contributed by atoms with Gasteiger partial charge in [-0.2, -0.15) is 11.3 Å². The Morgan fingerprint density at radius 1 is 1.24 bits per heavy atom. The third-order valence-corrected chi connectivity index (χ3v) is 3.63. The Labute approximate surface area is 107 Å². The molecule has 1 unspecified atom stereocenters. The number of hydrogen-bond acceptors (Lipinski definition) is 2. The summed E-state index contributed by atoms with van der Waals surface area (Å²) in [6.07, 6.45) is 2.32. The lowest BCUT2D eigenvalue weighted by Gasteiger charge is -2.10. The van der Waals surface area contributed by atoms with Crippen LogP contribution in [-0.4, -0.2) is 11.2 Å². The van der Waals surface area contributed by atoms with Crippen molar-refractivity contribution in [1.29, 1.82) is 0 Å². The molecule has 1 N–H and O–H groups in total. The maximum absolute atomic E-state index is 10.00. The van der Waals surface area contributed by atoms with E-state index in [0.717, 1.165) is 19.3 Å². The van der Waals surface area contributed by atoms with Crippen LogP contribution >= 0.6 is 11.3 Å². The number of aliphatic hydroxyl groups excluding tert-OH is 1. The van der Waals surface area contributed by atoms with E-state index < -0.39 is 0 Å². The van der Waals surface area contributed by atoms with Gasteiger partial charge in [0, 0.05) is 0 Å². The molecule has 90 valence electrons. The molecule has 0 aliphatic rings. The molecule has 0 saturated heterocycles. The lowest BCUT2D eigenvalue weighted by molar-refractivity contribution is 0.165. The number of aliphatic hydroxyl groups is 1. The molecule has 2 heteroatoms. The van der Waals surface area contributed by atoms with Crippen molar-refractivity contribution in [3.63, 3.8) is 0 Å². The predicted molar refractivity (Wildman–Crippen MR) is 73.5 cm³/mol. The summed E-state index contributed by atoms with van der Waals surface area (Å²) in [5.41, 5.74) is 3.81. The Morgan fingerprint density at radius 2 is 2.12 bits per heavy atom. The monoisotopic (exact) mass is 246 g/mol. The van der Waals surface area contributed by atoms with Crippen LogP contribution in [0.2, 0.25) is 0 Å². The first kappa shape index (κ1) is 12.3. The number of benzene rings is 1. The molecular formula is C15H18OS. The van der Waals surface area contributed by atoms with Crippen LogP contribution in [0.25, 0.3) is 0 Å². The van der Waals surface area contributed by atoms with Crippen LogP contribution in [0.15, 0.2) is 41.1 Å². The summed E-state index contributed by atoms with van der Waals surface area (Å²) in [4.78, 5) is 0. The van der Waals surface area contributed by atoms with Crippen molar-refractivity contribution in [3.8, 4) is 0 Å². The van der Waals surface area contributed by atoms with Gasteiger partial charge >= 0.3 is 0 Å². The highest BCUT2D eigenvalue weighted by Gasteiger charge is 2.06. The number of aryl methyl sites for hydroxylation is 2. The van der Waals surface area contributed by atoms with Crippen LogP contribution in [0.5, 0.6) is 0 Å². The van der Waals surface area contributed by atoms with Crippen molar-refractivity contribution < 1.29 is 5.11 Å². The second-order valence-electron chi connectivity index (χ2n) is 4.52. The maximum atomic E-state index is 10.00. The van der Waals surface area contributed by atoms with Crippen LogP contribution in [0.3, 0.4) is 0 Å². The average molecular weight is 246 g/mol. The number of rotatable bonds is 5. The van der Waals surface area contributed by atoms with Crippen molar-refractivity contribution in [1.82, 2.24) is 0 Å². The van der Waals surface area contributed by atoms with Gasteiger partial charge in [0.15, 0.2) is 0 Å². The second kappa shape index (κ2) is 5.99. The summed E-state index contributed by atoms with van der Waals surface area (Å²) in [5, 5.41) is 14.2. The summed E-state index contributed by atoms with van der Waals surface area (Å²) in [5.74, 6) is 0. The Kier molecular flexibility index (Phi) is 4.35. The summed E-state index contributed by atoms with van der Waals surface area (Å²) in [6, 6.07) is 10.5. The fraction of sp³-hybridized carbons (Fsp3) is 0.333. The van der Waals surface area contributed by atoms with Gasteiger partial charge in [-0.15, -0.1) is 0 Å². The van der Waals surface area contributed by atoms with Gasteiger partial charge in [-0.25, -0.2) is 0 Å². The average Bonchev–Trinajstić information content (AvgIpc) is 2.79. The molecule has 0 radical (unpaired) electrons. The fourth-order valence-corrected chi connectivity index (χ4v) is 2.68. The SMILES string of the molecule is Cc1cccc(CC(O)CCc2ccsc2)c1. The summed E-state index contributed by atoms with van der Waals surface area (Å²) in [7, 11) is 0. The van der Waals surface area contributed by atoms with Gasteiger partial charge in [0.25, 0.3) is 0 Å². The quantitative estimate of drug-likeness (QED) is 0.854. The summed E-state index contributed by atoms with van der Waals surface area (Å²) in [6.45, 7) is 2.08. The Morgan fingerprint density at radius 3 is 2.82 bits per heavy atom. The minimum atomic E-state index is -0.239. The Hall–Kier alpha value is -1.12. The van der Waals surface area contributed by atoms with Gasteiger partial charge in [-0.3, -0.25) is 0 Å². The zero-order valence-corrected chi connectivity index (χ0v) is 10.9. The Bertz CT molecular complexity index is 448. The minimum Gasteiger partial charge on any atom is -0.393 e. The van der Waals surface area contributed by atoms with E-state index >= 15 is 0 Å². The number of hydrogen-bond donors (Lipinski definition) is 1. The van der Waals surface area contributed by atoms with E-state index in [0.29, 0.717) is 0 Å². The molecule has 0 aliphatic carbocycles. The van der Waals surface area contributed by atoms with Crippen LogP contribution in [0, 0.1) is 6.92 Å². The fourth-order valence-electron chi connectivity index (χ4n) is 1.98. The van der Waals surface area contributed by atoms with E-state index in [1.807, 2.05) is 0 Å². The van der Waals surface area contributed by atoms with Crippen molar-refractivity contribution in [2.24, 2.45) is 0 Å². The standard InChI is InChI=1S/C15H18OS/c1-12-3-2-4-14(9-12)10-15(16)6-5-13-7-8-17-11-13/h2-4,7-9,11,15-16H,5-6,10H2,1H3. The largest absolute Gasteiger partial charge is 0.393 e. The Balaban J connectivity index is 1.83. The highest BCUT2D eigenvalue weighted by Crippen LogP contribution is 2.13. The van der Waals surface area contributed by atoms with Crippen LogP contribution in [0.1, 0.15) is 23.1 Å².